The molecule has 4 heteroatoms. The van der Waals surface area contributed by atoms with Gasteiger partial charge in [-0.2, -0.15) is 0 Å². The highest BCUT2D eigenvalue weighted by Gasteiger charge is 2.33. The fourth-order valence-electron chi connectivity index (χ4n) is 1.45. The summed E-state index contributed by atoms with van der Waals surface area (Å²) >= 11 is 1.67. The van der Waals surface area contributed by atoms with Crippen LogP contribution in [-0.4, -0.2) is 22.4 Å². The van der Waals surface area contributed by atoms with Gasteiger partial charge in [0.15, 0.2) is 5.60 Å². The third kappa shape index (κ3) is 2.77. The maximum absolute atomic E-state index is 9.12. The van der Waals surface area contributed by atoms with Crippen LogP contribution in [-0.2, 0) is 10.6 Å². The van der Waals surface area contributed by atoms with Crippen LogP contribution in [0.2, 0.25) is 0 Å². The minimum absolute atomic E-state index is 0.00585. The fourth-order valence-corrected chi connectivity index (χ4v) is 2.47. The van der Waals surface area contributed by atoms with E-state index in [0.29, 0.717) is 6.42 Å². The summed E-state index contributed by atoms with van der Waals surface area (Å²) in [5.74, 6) is 0.893. The van der Waals surface area contributed by atoms with Crippen molar-refractivity contribution < 1.29 is 9.94 Å². The van der Waals surface area contributed by atoms with Crippen LogP contribution in [0.25, 0.3) is 0 Å². The minimum atomic E-state index is -0.515. The van der Waals surface area contributed by atoms with Gasteiger partial charge in [0.25, 0.3) is 0 Å². The molecule has 0 saturated heterocycles. The van der Waals surface area contributed by atoms with E-state index in [1.807, 2.05) is 25.1 Å². The Labute approximate surface area is 99.5 Å². The van der Waals surface area contributed by atoms with Gasteiger partial charge in [-0.3, -0.25) is 0 Å². The van der Waals surface area contributed by atoms with Gasteiger partial charge in [-0.05, 0) is 12.5 Å². The van der Waals surface area contributed by atoms with E-state index in [-0.39, 0.29) is 6.61 Å². The molecule has 1 aromatic carbocycles. The molecule has 0 aromatic heterocycles. The van der Waals surface area contributed by atoms with Gasteiger partial charge >= 0.3 is 0 Å². The zero-order chi connectivity index (χ0) is 11.4. The first-order chi connectivity index (χ1) is 7.72. The lowest BCUT2D eigenvalue weighted by Crippen LogP contribution is -2.28. The Hall–Kier alpha value is -1.00. The average molecular weight is 237 g/mol. The molecule has 0 spiro atoms. The van der Waals surface area contributed by atoms with Crippen molar-refractivity contribution >= 4 is 16.8 Å². The second kappa shape index (κ2) is 4.89. The molecule has 86 valence electrons. The molecule has 1 heterocycles. The summed E-state index contributed by atoms with van der Waals surface area (Å²) in [7, 11) is 0. The lowest BCUT2D eigenvalue weighted by atomic mass is 10.1. The number of oxime groups is 1. The molecule has 0 radical (unpaired) electrons. The van der Waals surface area contributed by atoms with Crippen LogP contribution in [0.1, 0.15) is 18.9 Å². The predicted molar refractivity (Wildman–Crippen MR) is 66.4 cm³/mol. The fraction of sp³-hybridized carbons (Fsp3) is 0.417. The first-order valence-corrected chi connectivity index (χ1v) is 6.23. The molecule has 1 atom stereocenters. The van der Waals surface area contributed by atoms with Gasteiger partial charge in [0, 0.05) is 12.2 Å². The van der Waals surface area contributed by atoms with E-state index in [1.54, 1.807) is 11.8 Å². The highest BCUT2D eigenvalue weighted by atomic mass is 32.2. The van der Waals surface area contributed by atoms with Crippen LogP contribution < -0.4 is 0 Å². The van der Waals surface area contributed by atoms with Crippen molar-refractivity contribution in [2.45, 2.75) is 24.7 Å². The van der Waals surface area contributed by atoms with Gasteiger partial charge < -0.3 is 9.94 Å². The van der Waals surface area contributed by atoms with Gasteiger partial charge in [0.1, 0.15) is 5.04 Å². The zero-order valence-corrected chi connectivity index (χ0v) is 10.0. The van der Waals surface area contributed by atoms with Crippen molar-refractivity contribution in [3.05, 3.63) is 35.9 Å². The van der Waals surface area contributed by atoms with Crippen molar-refractivity contribution in [1.82, 2.24) is 0 Å². The molecule has 1 aliphatic rings. The van der Waals surface area contributed by atoms with Crippen LogP contribution in [0.5, 0.6) is 0 Å². The molecule has 1 N–H and O–H groups in total. The summed E-state index contributed by atoms with van der Waals surface area (Å²) in [6.07, 6.45) is 0.695. The third-order valence-electron chi connectivity index (χ3n) is 2.48. The monoisotopic (exact) mass is 237 g/mol. The molecule has 0 fully saturated rings. The van der Waals surface area contributed by atoms with Crippen molar-refractivity contribution in [3.8, 4) is 0 Å². The highest BCUT2D eigenvalue weighted by molar-refractivity contribution is 8.13. The Kier molecular flexibility index (Phi) is 3.51. The maximum atomic E-state index is 9.12. The average Bonchev–Trinajstić information content (AvgIpc) is 2.71. The number of hydrogen-bond donors (Lipinski definition) is 1. The molecule has 1 aliphatic heterocycles. The largest absolute Gasteiger partial charge is 0.392 e. The second-order valence-electron chi connectivity index (χ2n) is 4.14. The molecule has 0 bridgehead atoms. The van der Waals surface area contributed by atoms with E-state index in [0.717, 1.165) is 10.8 Å². The zero-order valence-electron chi connectivity index (χ0n) is 9.22. The number of hydrogen-bond acceptors (Lipinski definition) is 4. The molecule has 0 saturated carbocycles. The lowest BCUT2D eigenvalue weighted by Gasteiger charge is -2.16. The maximum Gasteiger partial charge on any atom is 0.163 e. The Bertz CT molecular complexity index is 380. The van der Waals surface area contributed by atoms with Gasteiger partial charge in [0.05, 0.1) is 6.61 Å². The summed E-state index contributed by atoms with van der Waals surface area (Å²) in [4.78, 5) is 5.21. The molecule has 0 amide bonds. The third-order valence-corrected chi connectivity index (χ3v) is 3.51. The first-order valence-electron chi connectivity index (χ1n) is 5.24. The van der Waals surface area contributed by atoms with Crippen LogP contribution in [0, 0.1) is 0 Å². The van der Waals surface area contributed by atoms with E-state index >= 15 is 0 Å². The summed E-state index contributed by atoms with van der Waals surface area (Å²) in [5, 5.41) is 14.1. The van der Waals surface area contributed by atoms with Gasteiger partial charge in [0.2, 0.25) is 0 Å². The standard InChI is InChI=1S/C12H15NO2S/c1-12(9-14)7-11(13-15-12)16-8-10-5-3-2-4-6-10/h2-6,14H,7-9H2,1H3. The van der Waals surface area contributed by atoms with E-state index < -0.39 is 5.60 Å². The number of aliphatic hydroxyl groups is 1. The minimum Gasteiger partial charge on any atom is -0.392 e. The normalized spacial score (nSPS) is 24.0. The van der Waals surface area contributed by atoms with Gasteiger partial charge in [-0.1, -0.05) is 35.5 Å². The Balaban J connectivity index is 1.85. The Morgan fingerprint density at radius 2 is 2.19 bits per heavy atom. The number of nitrogens with zero attached hydrogens (tertiary/aromatic N) is 1. The highest BCUT2D eigenvalue weighted by Crippen LogP contribution is 2.29. The molecule has 1 aromatic rings. The van der Waals surface area contributed by atoms with Crippen molar-refractivity contribution in [3.63, 3.8) is 0 Å². The number of rotatable bonds is 3. The van der Waals surface area contributed by atoms with E-state index in [1.165, 1.54) is 5.56 Å². The van der Waals surface area contributed by atoms with Gasteiger partial charge in [-0.25, -0.2) is 0 Å². The topological polar surface area (TPSA) is 41.8 Å². The molecule has 16 heavy (non-hydrogen) atoms. The molecular weight excluding hydrogens is 222 g/mol. The molecule has 2 rings (SSSR count). The van der Waals surface area contributed by atoms with Crippen molar-refractivity contribution in [2.75, 3.05) is 6.61 Å². The Morgan fingerprint density at radius 3 is 2.81 bits per heavy atom. The smallest absolute Gasteiger partial charge is 0.163 e. The van der Waals surface area contributed by atoms with Crippen molar-refractivity contribution in [2.24, 2.45) is 5.16 Å². The van der Waals surface area contributed by atoms with Crippen LogP contribution in [0.3, 0.4) is 0 Å². The molecule has 3 nitrogen and oxygen atoms in total. The second-order valence-corrected chi connectivity index (χ2v) is 5.18. The first kappa shape index (κ1) is 11.5. The van der Waals surface area contributed by atoms with Crippen molar-refractivity contribution in [1.29, 1.82) is 0 Å². The summed E-state index contributed by atoms with van der Waals surface area (Å²) < 4.78 is 0. The van der Waals surface area contributed by atoms with Crippen LogP contribution in [0.4, 0.5) is 0 Å². The number of aliphatic hydroxyl groups excluding tert-OH is 1. The molecule has 0 aliphatic carbocycles. The summed E-state index contributed by atoms with van der Waals surface area (Å²) in [6, 6.07) is 10.2. The van der Waals surface area contributed by atoms with E-state index in [2.05, 4.69) is 17.3 Å². The number of thioether (sulfide) groups is 1. The SMILES string of the molecule is CC1(CO)CC(SCc2ccccc2)=NO1. The van der Waals surface area contributed by atoms with Gasteiger partial charge in [-0.15, -0.1) is 11.8 Å². The van der Waals surface area contributed by atoms with Crippen LogP contribution in [0.15, 0.2) is 35.5 Å². The lowest BCUT2D eigenvalue weighted by molar-refractivity contribution is -0.0428. The molecular formula is C12H15NO2S. The number of benzene rings is 1. The van der Waals surface area contributed by atoms with Crippen LogP contribution >= 0.6 is 11.8 Å². The summed E-state index contributed by atoms with van der Waals surface area (Å²) in [6.45, 7) is 1.87. The molecule has 1 unspecified atom stereocenters. The quantitative estimate of drug-likeness (QED) is 0.877. The predicted octanol–water partition coefficient (Wildman–Crippen LogP) is 2.40. The Morgan fingerprint density at radius 1 is 1.44 bits per heavy atom. The van der Waals surface area contributed by atoms with E-state index in [4.69, 9.17) is 9.94 Å². The van der Waals surface area contributed by atoms with E-state index in [9.17, 15) is 0 Å². The summed E-state index contributed by atoms with van der Waals surface area (Å²) in [5.41, 5.74) is 0.756.